The fraction of sp³-hybridized carbons (Fsp3) is 0.500. The van der Waals surface area contributed by atoms with Gasteiger partial charge in [-0.25, -0.2) is 0 Å². The van der Waals surface area contributed by atoms with E-state index >= 15 is 0 Å². The number of hydrogen-bond acceptors (Lipinski definition) is 4. The van der Waals surface area contributed by atoms with Crippen molar-refractivity contribution in [2.75, 3.05) is 26.9 Å². The van der Waals surface area contributed by atoms with Gasteiger partial charge in [0.15, 0.2) is 6.61 Å². The van der Waals surface area contributed by atoms with Gasteiger partial charge in [-0.1, -0.05) is 36.4 Å². The largest absolute Gasteiger partial charge is 0.487 e. The maximum absolute atomic E-state index is 14.1. The van der Waals surface area contributed by atoms with Gasteiger partial charge in [0.25, 0.3) is 5.92 Å². The summed E-state index contributed by atoms with van der Waals surface area (Å²) in [5.74, 6) is -3.84. The zero-order valence-electron chi connectivity index (χ0n) is 16.8. The second kappa shape index (κ2) is 13.8. The summed E-state index contributed by atoms with van der Waals surface area (Å²) in [6.07, 6.45) is 8.01. The summed E-state index contributed by atoms with van der Waals surface area (Å²) in [4.78, 5) is 11.1. The molecule has 0 aliphatic carbocycles. The number of unbranched alkanes of at least 4 members (excludes halogenated alkanes) is 1. The van der Waals surface area contributed by atoms with E-state index in [4.69, 9.17) is 4.74 Å². The number of rotatable bonds is 14. The van der Waals surface area contributed by atoms with Gasteiger partial charge in [0, 0.05) is 32.6 Å². The predicted octanol–water partition coefficient (Wildman–Crippen LogP) is 3.34. The molecule has 0 radical (unpaired) electrons. The van der Waals surface area contributed by atoms with Gasteiger partial charge in [-0.2, -0.15) is 8.78 Å². The van der Waals surface area contributed by atoms with Crippen LogP contribution in [0.3, 0.4) is 0 Å². The first-order chi connectivity index (χ1) is 13.9. The Hall–Kier alpha value is -2.25. The van der Waals surface area contributed by atoms with E-state index in [9.17, 15) is 23.8 Å². The fourth-order valence-corrected chi connectivity index (χ4v) is 2.65. The molecule has 5 nitrogen and oxygen atoms in total. The Morgan fingerprint density at radius 1 is 1.21 bits per heavy atom. The third-order valence-corrected chi connectivity index (χ3v) is 4.47. The third-order valence-electron chi connectivity index (χ3n) is 4.47. The molecule has 0 saturated heterocycles. The molecule has 1 amide bonds. The Labute approximate surface area is 171 Å². The lowest BCUT2D eigenvalue weighted by Crippen LogP contribution is -2.25. The minimum Gasteiger partial charge on any atom is -0.487 e. The van der Waals surface area contributed by atoms with Crippen molar-refractivity contribution >= 4 is 5.91 Å². The number of amides is 1. The van der Waals surface area contributed by atoms with Crippen LogP contribution in [0.1, 0.15) is 25.7 Å². The van der Waals surface area contributed by atoms with Crippen LogP contribution in [-0.4, -0.2) is 48.9 Å². The van der Waals surface area contributed by atoms with Gasteiger partial charge in [0.2, 0.25) is 5.91 Å². The van der Waals surface area contributed by atoms with Crippen molar-refractivity contribution in [3.05, 3.63) is 54.6 Å². The van der Waals surface area contributed by atoms with Gasteiger partial charge in [-0.15, -0.1) is 0 Å². The number of carbonyl (C=O) groups excluding carboxylic acids is 1. The first kappa shape index (κ1) is 24.8. The molecule has 1 aromatic rings. The quantitative estimate of drug-likeness (QED) is 0.324. The van der Waals surface area contributed by atoms with Gasteiger partial charge in [0.05, 0.1) is 0 Å². The average molecular weight is 411 g/mol. The van der Waals surface area contributed by atoms with Crippen molar-refractivity contribution in [1.82, 2.24) is 5.32 Å². The highest BCUT2D eigenvalue weighted by molar-refractivity contribution is 5.75. The summed E-state index contributed by atoms with van der Waals surface area (Å²) >= 11 is 0. The summed E-state index contributed by atoms with van der Waals surface area (Å²) in [5, 5.41) is 21.7. The number of carbonyl (C=O) groups is 1. The van der Waals surface area contributed by atoms with Crippen LogP contribution in [0, 0.1) is 11.8 Å². The molecule has 0 aromatic heterocycles. The molecule has 2 atom stereocenters. The van der Waals surface area contributed by atoms with E-state index in [1.54, 1.807) is 37.4 Å². The van der Waals surface area contributed by atoms with Gasteiger partial charge in [-0.3, -0.25) is 4.79 Å². The molecule has 1 aromatic carbocycles. The summed E-state index contributed by atoms with van der Waals surface area (Å²) in [7, 11) is 1.59. The normalized spacial score (nSPS) is 14.2. The number of para-hydroxylation sites is 1. The van der Waals surface area contributed by atoms with Crippen molar-refractivity contribution in [2.45, 2.75) is 31.6 Å². The van der Waals surface area contributed by atoms with Crippen LogP contribution >= 0.6 is 0 Å². The smallest absolute Gasteiger partial charge is 0.299 e. The fourth-order valence-electron chi connectivity index (χ4n) is 2.65. The lowest BCUT2D eigenvalue weighted by Gasteiger charge is -2.21. The molecule has 0 saturated carbocycles. The number of hydrogen-bond donors (Lipinski definition) is 3. The second-order valence-corrected chi connectivity index (χ2v) is 6.78. The van der Waals surface area contributed by atoms with E-state index in [1.165, 1.54) is 6.08 Å². The van der Waals surface area contributed by atoms with Gasteiger partial charge < -0.3 is 20.3 Å². The Morgan fingerprint density at radius 2 is 1.93 bits per heavy atom. The molecule has 1 rings (SSSR count). The minimum absolute atomic E-state index is 0.0192. The summed E-state index contributed by atoms with van der Waals surface area (Å²) in [6.45, 7) is -1.38. The van der Waals surface area contributed by atoms with Gasteiger partial charge in [0.1, 0.15) is 5.75 Å². The molecular weight excluding hydrogens is 380 g/mol. The first-order valence-electron chi connectivity index (χ1n) is 9.74. The van der Waals surface area contributed by atoms with Gasteiger partial charge in [-0.05, 0) is 43.4 Å². The van der Waals surface area contributed by atoms with Gasteiger partial charge >= 0.3 is 0 Å². The van der Waals surface area contributed by atoms with Crippen LogP contribution in [0.2, 0.25) is 0 Å². The van der Waals surface area contributed by atoms with Crippen LogP contribution in [-0.2, 0) is 4.79 Å². The number of benzene rings is 1. The molecule has 3 N–H and O–H groups in total. The Bertz CT molecular complexity index is 635. The predicted molar refractivity (Wildman–Crippen MR) is 109 cm³/mol. The SMILES string of the molecule is CNC(=O)CCC/C=C/C[C@@H](CO)[C@@H](/C=C/C(F)(F)COc1ccccc1)CO. The number of alkyl halides is 2. The van der Waals surface area contributed by atoms with E-state index in [0.29, 0.717) is 31.4 Å². The number of ether oxygens (including phenoxy) is 1. The topological polar surface area (TPSA) is 78.8 Å². The van der Waals surface area contributed by atoms with E-state index in [0.717, 1.165) is 6.08 Å². The maximum atomic E-state index is 14.1. The molecule has 0 heterocycles. The molecule has 0 aliphatic rings. The minimum atomic E-state index is -3.20. The molecule has 0 unspecified atom stereocenters. The molecule has 0 bridgehead atoms. The lowest BCUT2D eigenvalue weighted by atomic mass is 9.89. The third kappa shape index (κ3) is 10.8. The Balaban J connectivity index is 2.50. The lowest BCUT2D eigenvalue weighted by molar-refractivity contribution is -0.120. The van der Waals surface area contributed by atoms with Crippen LogP contribution in [0.25, 0.3) is 0 Å². The van der Waals surface area contributed by atoms with Crippen molar-refractivity contribution in [1.29, 1.82) is 0 Å². The highest BCUT2D eigenvalue weighted by Gasteiger charge is 2.27. The summed E-state index contributed by atoms with van der Waals surface area (Å²) < 4.78 is 33.2. The molecule has 0 aliphatic heterocycles. The zero-order chi connectivity index (χ0) is 21.5. The van der Waals surface area contributed by atoms with Crippen LogP contribution in [0.15, 0.2) is 54.6 Å². The van der Waals surface area contributed by atoms with Crippen molar-refractivity contribution < 1.29 is 28.5 Å². The summed E-state index contributed by atoms with van der Waals surface area (Å²) in [5.41, 5.74) is 0. The number of halogens is 2. The summed E-state index contributed by atoms with van der Waals surface area (Å²) in [6, 6.07) is 8.35. The molecule has 0 fully saturated rings. The van der Waals surface area contributed by atoms with E-state index in [-0.39, 0.29) is 25.0 Å². The maximum Gasteiger partial charge on any atom is 0.299 e. The molecule has 0 spiro atoms. The van der Waals surface area contributed by atoms with Crippen LogP contribution in [0.4, 0.5) is 8.78 Å². The molecule has 162 valence electrons. The highest BCUT2D eigenvalue weighted by Crippen LogP contribution is 2.23. The molecule has 29 heavy (non-hydrogen) atoms. The van der Waals surface area contributed by atoms with Crippen molar-refractivity contribution in [2.24, 2.45) is 11.8 Å². The standard InChI is InChI=1S/C22H31F2NO4/c1-25-21(28)12-8-3-2-5-9-18(15-26)19(16-27)13-14-22(23,24)17-29-20-10-6-4-7-11-20/h2,4-7,10-11,13-14,18-19,26-27H,3,8-9,12,15-17H2,1H3,(H,25,28)/b5-2+,14-13+/t18-,19-/m0/s1. The Kier molecular flexibility index (Phi) is 11.8. The van der Waals surface area contributed by atoms with Crippen molar-refractivity contribution in [3.8, 4) is 5.75 Å². The van der Waals surface area contributed by atoms with Crippen molar-refractivity contribution in [3.63, 3.8) is 0 Å². The molecular formula is C22H31F2NO4. The second-order valence-electron chi connectivity index (χ2n) is 6.78. The number of nitrogens with one attached hydrogen (secondary N) is 1. The average Bonchev–Trinajstić information content (AvgIpc) is 2.73. The monoisotopic (exact) mass is 411 g/mol. The van der Waals surface area contributed by atoms with E-state index in [1.807, 2.05) is 12.2 Å². The van der Waals surface area contributed by atoms with E-state index < -0.39 is 18.4 Å². The van der Waals surface area contributed by atoms with Crippen LogP contribution in [0.5, 0.6) is 5.75 Å². The Morgan fingerprint density at radius 3 is 2.55 bits per heavy atom. The zero-order valence-corrected chi connectivity index (χ0v) is 16.8. The highest BCUT2D eigenvalue weighted by atomic mass is 19.3. The number of allylic oxidation sites excluding steroid dienone is 2. The first-order valence-corrected chi connectivity index (χ1v) is 9.74. The van der Waals surface area contributed by atoms with Crippen LogP contribution < -0.4 is 10.1 Å². The number of aliphatic hydroxyl groups is 2. The molecule has 7 heteroatoms. The number of aliphatic hydroxyl groups excluding tert-OH is 2. The van der Waals surface area contributed by atoms with E-state index in [2.05, 4.69) is 5.32 Å².